The summed E-state index contributed by atoms with van der Waals surface area (Å²) in [6.45, 7) is 10.5. The number of hydrogen-bond donors (Lipinski definition) is 4. The number of nitrogens with two attached hydrogens (primary N) is 1. The third-order valence-corrected chi connectivity index (χ3v) is 5.36. The van der Waals surface area contributed by atoms with Crippen molar-refractivity contribution in [2.75, 3.05) is 0 Å². The highest BCUT2D eigenvalue weighted by Crippen LogP contribution is 2.31. The molecule has 0 spiro atoms. The number of amides is 3. The molecule has 0 aromatic carbocycles. The topological polar surface area (TPSA) is 122 Å². The van der Waals surface area contributed by atoms with Crippen molar-refractivity contribution in [2.45, 2.75) is 83.8 Å². The lowest BCUT2D eigenvalue weighted by Crippen LogP contribution is -2.62. The van der Waals surface area contributed by atoms with Crippen LogP contribution >= 0.6 is 0 Å². The second-order valence-corrected chi connectivity index (χ2v) is 9.21. The molecule has 154 valence electrons. The molecule has 3 amide bonds. The molecular formula is C20H31N5O3. The molecule has 1 saturated heterocycles. The molecule has 3 rings (SSSR count). The number of hydrogen-bond acceptors (Lipinski definition) is 5. The molecule has 2 heterocycles. The van der Waals surface area contributed by atoms with E-state index in [1.165, 1.54) is 0 Å². The van der Waals surface area contributed by atoms with Gasteiger partial charge in [-0.25, -0.2) is 10.2 Å². The summed E-state index contributed by atoms with van der Waals surface area (Å²) in [6, 6.07) is -0.653. The largest absolute Gasteiger partial charge is 0.455 e. The van der Waals surface area contributed by atoms with Crippen LogP contribution in [-0.2, 0) is 6.42 Å². The third kappa shape index (κ3) is 4.38. The van der Waals surface area contributed by atoms with Gasteiger partial charge in [-0.3, -0.25) is 4.79 Å². The number of furan rings is 1. The molecule has 8 heteroatoms. The van der Waals surface area contributed by atoms with E-state index in [9.17, 15) is 9.59 Å². The van der Waals surface area contributed by atoms with E-state index in [0.717, 1.165) is 42.6 Å². The van der Waals surface area contributed by atoms with Crippen molar-refractivity contribution >= 4 is 17.6 Å². The second-order valence-electron chi connectivity index (χ2n) is 9.21. The fraction of sp³-hybridized carbons (Fsp3) is 0.650. The first kappa shape index (κ1) is 20.4. The molecule has 2 aliphatic rings. The maximum Gasteiger partial charge on any atom is 0.332 e. The Balaban J connectivity index is 1.82. The van der Waals surface area contributed by atoms with Gasteiger partial charge in [-0.1, -0.05) is 0 Å². The number of aryl methyl sites for hydroxylation is 1. The van der Waals surface area contributed by atoms with Gasteiger partial charge in [0.15, 0.2) is 5.76 Å². The van der Waals surface area contributed by atoms with Crippen LogP contribution in [0.2, 0.25) is 0 Å². The van der Waals surface area contributed by atoms with E-state index in [4.69, 9.17) is 10.2 Å². The van der Waals surface area contributed by atoms with Crippen LogP contribution < -0.4 is 21.8 Å². The molecule has 5 N–H and O–H groups in total. The number of urea groups is 1. The third-order valence-electron chi connectivity index (χ3n) is 5.36. The Morgan fingerprint density at radius 2 is 1.82 bits per heavy atom. The maximum atomic E-state index is 13.0. The predicted molar refractivity (Wildman–Crippen MR) is 107 cm³/mol. The fourth-order valence-electron chi connectivity index (χ4n) is 4.79. The minimum atomic E-state index is -0.713. The quantitative estimate of drug-likeness (QED) is 0.593. The van der Waals surface area contributed by atoms with Crippen LogP contribution in [0.15, 0.2) is 9.52 Å². The molecule has 1 fully saturated rings. The smallest absolute Gasteiger partial charge is 0.332 e. The monoisotopic (exact) mass is 389 g/mol. The van der Waals surface area contributed by atoms with Gasteiger partial charge in [0.05, 0.1) is 5.71 Å². The highest BCUT2D eigenvalue weighted by molar-refractivity contribution is 6.06. The van der Waals surface area contributed by atoms with Gasteiger partial charge in [0.25, 0.3) is 5.91 Å². The van der Waals surface area contributed by atoms with Crippen LogP contribution in [-0.4, -0.2) is 34.8 Å². The number of rotatable bonds is 3. The Hall–Kier alpha value is -2.35. The summed E-state index contributed by atoms with van der Waals surface area (Å²) in [7, 11) is 0. The normalized spacial score (nSPS) is 22.5. The minimum absolute atomic E-state index is 0.0581. The SMILES string of the molecule is Cc1c(C(=O)NC2CC(C)(C)NC(C)(C)C2)oc2c1/C(=N/NC(N)=O)CCC2. The van der Waals surface area contributed by atoms with Crippen molar-refractivity contribution in [2.24, 2.45) is 10.8 Å². The van der Waals surface area contributed by atoms with Crippen LogP contribution in [0.1, 0.15) is 80.8 Å². The fourth-order valence-corrected chi connectivity index (χ4v) is 4.79. The van der Waals surface area contributed by atoms with Crippen molar-refractivity contribution in [3.05, 3.63) is 22.6 Å². The van der Waals surface area contributed by atoms with E-state index in [-0.39, 0.29) is 23.0 Å². The first-order valence-corrected chi connectivity index (χ1v) is 9.82. The Kier molecular flexibility index (Phi) is 5.27. The van der Waals surface area contributed by atoms with E-state index in [2.05, 4.69) is 48.9 Å². The number of piperidine rings is 1. The van der Waals surface area contributed by atoms with E-state index in [1.807, 2.05) is 6.92 Å². The van der Waals surface area contributed by atoms with Gasteiger partial charge < -0.3 is 20.8 Å². The molecule has 0 unspecified atom stereocenters. The minimum Gasteiger partial charge on any atom is -0.455 e. The highest BCUT2D eigenvalue weighted by atomic mass is 16.4. The van der Waals surface area contributed by atoms with E-state index < -0.39 is 6.03 Å². The average molecular weight is 390 g/mol. The van der Waals surface area contributed by atoms with Gasteiger partial charge in [0, 0.05) is 34.7 Å². The summed E-state index contributed by atoms with van der Waals surface area (Å²) in [6.07, 6.45) is 3.97. The number of hydrazone groups is 1. The summed E-state index contributed by atoms with van der Waals surface area (Å²) in [4.78, 5) is 24.0. The number of carbonyl (C=O) groups is 2. The Labute approximate surface area is 165 Å². The van der Waals surface area contributed by atoms with Gasteiger partial charge in [0.1, 0.15) is 5.76 Å². The molecule has 0 atom stereocenters. The van der Waals surface area contributed by atoms with Crippen LogP contribution in [0.4, 0.5) is 4.79 Å². The van der Waals surface area contributed by atoms with Crippen molar-refractivity contribution < 1.29 is 14.0 Å². The molecule has 1 aliphatic heterocycles. The van der Waals surface area contributed by atoms with Crippen molar-refractivity contribution in [1.82, 2.24) is 16.1 Å². The Morgan fingerprint density at radius 1 is 1.18 bits per heavy atom. The Morgan fingerprint density at radius 3 is 2.43 bits per heavy atom. The van der Waals surface area contributed by atoms with Gasteiger partial charge >= 0.3 is 6.03 Å². The number of nitrogens with one attached hydrogen (secondary N) is 3. The van der Waals surface area contributed by atoms with E-state index in [0.29, 0.717) is 17.9 Å². The first-order chi connectivity index (χ1) is 13.0. The zero-order valence-electron chi connectivity index (χ0n) is 17.4. The summed E-state index contributed by atoms with van der Waals surface area (Å²) in [5.74, 6) is 0.866. The lowest BCUT2D eigenvalue weighted by atomic mass is 9.79. The van der Waals surface area contributed by atoms with Crippen LogP contribution in [0.5, 0.6) is 0 Å². The lowest BCUT2D eigenvalue weighted by molar-refractivity contribution is 0.0843. The number of fused-ring (bicyclic) bond motifs is 1. The summed E-state index contributed by atoms with van der Waals surface area (Å²) in [5.41, 5.74) is 9.55. The summed E-state index contributed by atoms with van der Waals surface area (Å²) < 4.78 is 5.93. The van der Waals surface area contributed by atoms with Gasteiger partial charge in [-0.15, -0.1) is 0 Å². The average Bonchev–Trinajstić information content (AvgIpc) is 2.87. The van der Waals surface area contributed by atoms with Gasteiger partial charge in [-0.2, -0.15) is 5.10 Å². The highest BCUT2D eigenvalue weighted by Gasteiger charge is 2.39. The first-order valence-electron chi connectivity index (χ1n) is 9.82. The molecule has 1 aromatic rings. The number of nitrogens with zero attached hydrogens (tertiary/aromatic N) is 1. The number of primary amides is 1. The molecule has 1 aromatic heterocycles. The zero-order chi connectivity index (χ0) is 20.7. The molecule has 28 heavy (non-hydrogen) atoms. The van der Waals surface area contributed by atoms with Crippen molar-refractivity contribution in [1.29, 1.82) is 0 Å². The molecule has 8 nitrogen and oxygen atoms in total. The summed E-state index contributed by atoms with van der Waals surface area (Å²) >= 11 is 0. The van der Waals surface area contributed by atoms with E-state index in [1.54, 1.807) is 0 Å². The zero-order valence-corrected chi connectivity index (χ0v) is 17.4. The second kappa shape index (κ2) is 7.24. The van der Waals surface area contributed by atoms with Crippen LogP contribution in [0.25, 0.3) is 0 Å². The molecular weight excluding hydrogens is 358 g/mol. The van der Waals surface area contributed by atoms with Crippen LogP contribution in [0, 0.1) is 6.92 Å². The Bertz CT molecular complexity index is 806. The van der Waals surface area contributed by atoms with Gasteiger partial charge in [-0.05, 0) is 60.3 Å². The van der Waals surface area contributed by atoms with Crippen molar-refractivity contribution in [3.63, 3.8) is 0 Å². The predicted octanol–water partition coefficient (Wildman–Crippen LogP) is 2.34. The standard InChI is InChI=1S/C20H31N5O3/c1-11-15-13(23-24-18(21)27)7-6-8-14(15)28-16(11)17(26)22-12-9-19(2,3)25-20(4,5)10-12/h12,25H,6-10H2,1-5H3,(H,22,26)(H3,21,24,27)/b23-13+. The molecule has 0 saturated carbocycles. The van der Waals surface area contributed by atoms with Gasteiger partial charge in [0.2, 0.25) is 0 Å². The van der Waals surface area contributed by atoms with Crippen LogP contribution in [0.3, 0.4) is 0 Å². The van der Waals surface area contributed by atoms with Crippen molar-refractivity contribution in [3.8, 4) is 0 Å². The number of carbonyl (C=O) groups excluding carboxylic acids is 2. The summed E-state index contributed by atoms with van der Waals surface area (Å²) in [5, 5.41) is 10.9. The molecule has 0 bridgehead atoms. The van der Waals surface area contributed by atoms with E-state index >= 15 is 0 Å². The lowest BCUT2D eigenvalue weighted by Gasteiger charge is -2.46. The molecule has 0 radical (unpaired) electrons. The molecule has 1 aliphatic carbocycles. The maximum absolute atomic E-state index is 13.0.